The molecule has 1 aromatic carbocycles. The van der Waals surface area contributed by atoms with Crippen LogP contribution in [-0.4, -0.2) is 25.5 Å². The van der Waals surface area contributed by atoms with E-state index >= 15 is 0 Å². The highest BCUT2D eigenvalue weighted by atomic mass is 16.5. The highest BCUT2D eigenvalue weighted by Gasteiger charge is 2.42. The SMILES string of the molecule is CCCCOc1ccccc1[C@H]1C(C(=O)OC)=C(C)NC2=C1C(=O)C[C@@H](c1ccco1)C2. The fourth-order valence-corrected chi connectivity index (χ4v) is 4.63. The van der Waals surface area contributed by atoms with Crippen LogP contribution in [0.15, 0.2) is 69.6 Å². The van der Waals surface area contributed by atoms with Gasteiger partial charge in [0.05, 0.1) is 31.5 Å². The molecular weight excluding hydrogens is 406 g/mol. The summed E-state index contributed by atoms with van der Waals surface area (Å²) >= 11 is 0. The number of para-hydroxylation sites is 1. The normalized spacial score (nSPS) is 20.7. The van der Waals surface area contributed by atoms with Crippen LogP contribution in [-0.2, 0) is 14.3 Å². The number of hydrogen-bond acceptors (Lipinski definition) is 6. The summed E-state index contributed by atoms with van der Waals surface area (Å²) in [4.78, 5) is 26.4. The number of rotatable bonds is 7. The van der Waals surface area contributed by atoms with Crippen molar-refractivity contribution < 1.29 is 23.5 Å². The van der Waals surface area contributed by atoms with Gasteiger partial charge in [0.1, 0.15) is 11.5 Å². The molecule has 0 saturated carbocycles. The molecule has 1 aromatic heterocycles. The van der Waals surface area contributed by atoms with Gasteiger partial charge < -0.3 is 19.2 Å². The molecule has 0 fully saturated rings. The van der Waals surface area contributed by atoms with Gasteiger partial charge >= 0.3 is 5.97 Å². The molecule has 2 atom stereocenters. The Balaban J connectivity index is 1.81. The number of hydrogen-bond donors (Lipinski definition) is 1. The smallest absolute Gasteiger partial charge is 0.336 e. The molecule has 2 aromatic rings. The Morgan fingerprint density at radius 1 is 1.19 bits per heavy atom. The summed E-state index contributed by atoms with van der Waals surface area (Å²) in [6.45, 7) is 4.54. The largest absolute Gasteiger partial charge is 0.493 e. The van der Waals surface area contributed by atoms with Gasteiger partial charge in [0.15, 0.2) is 5.78 Å². The highest BCUT2D eigenvalue weighted by Crippen LogP contribution is 2.47. The summed E-state index contributed by atoms with van der Waals surface area (Å²) in [5, 5.41) is 3.33. The molecule has 6 nitrogen and oxygen atoms in total. The van der Waals surface area contributed by atoms with Crippen molar-refractivity contribution >= 4 is 11.8 Å². The van der Waals surface area contributed by atoms with Gasteiger partial charge in [0.25, 0.3) is 0 Å². The zero-order valence-electron chi connectivity index (χ0n) is 18.8. The number of Topliss-reactive ketones (excluding diaryl/α,β-unsaturated/α-hetero) is 1. The van der Waals surface area contributed by atoms with Crippen LogP contribution in [0.4, 0.5) is 0 Å². The predicted octanol–water partition coefficient (Wildman–Crippen LogP) is 4.99. The van der Waals surface area contributed by atoms with Gasteiger partial charge in [-0.3, -0.25) is 4.79 Å². The van der Waals surface area contributed by atoms with Crippen molar-refractivity contribution in [1.29, 1.82) is 0 Å². The molecule has 0 radical (unpaired) electrons. The van der Waals surface area contributed by atoms with Crippen molar-refractivity contribution in [2.75, 3.05) is 13.7 Å². The first kappa shape index (κ1) is 21.9. The number of furan rings is 1. The van der Waals surface area contributed by atoms with Crippen molar-refractivity contribution in [2.24, 2.45) is 0 Å². The van der Waals surface area contributed by atoms with E-state index in [2.05, 4.69) is 12.2 Å². The summed E-state index contributed by atoms with van der Waals surface area (Å²) in [7, 11) is 1.36. The zero-order valence-corrected chi connectivity index (χ0v) is 18.8. The molecule has 1 aliphatic carbocycles. The van der Waals surface area contributed by atoms with Crippen LogP contribution in [0.3, 0.4) is 0 Å². The lowest BCUT2D eigenvalue weighted by atomic mass is 9.72. The lowest BCUT2D eigenvalue weighted by molar-refractivity contribution is -0.136. The number of ether oxygens (including phenoxy) is 2. The van der Waals surface area contributed by atoms with Crippen LogP contribution in [0, 0.1) is 0 Å². The number of nitrogens with one attached hydrogen (secondary N) is 1. The summed E-state index contributed by atoms with van der Waals surface area (Å²) < 4.78 is 16.8. The van der Waals surface area contributed by atoms with Gasteiger partial charge in [-0.1, -0.05) is 31.5 Å². The predicted molar refractivity (Wildman–Crippen MR) is 120 cm³/mol. The molecule has 0 bridgehead atoms. The molecular formula is C26H29NO5. The molecule has 0 amide bonds. The van der Waals surface area contributed by atoms with Crippen LogP contribution in [0.2, 0.25) is 0 Å². The monoisotopic (exact) mass is 435 g/mol. The first-order valence-electron chi connectivity index (χ1n) is 11.1. The van der Waals surface area contributed by atoms with Crippen LogP contribution >= 0.6 is 0 Å². The fraction of sp³-hybridized carbons (Fsp3) is 0.385. The third kappa shape index (κ3) is 4.09. The van der Waals surface area contributed by atoms with E-state index in [-0.39, 0.29) is 11.7 Å². The van der Waals surface area contributed by atoms with Crippen LogP contribution in [0.25, 0.3) is 0 Å². The van der Waals surface area contributed by atoms with Crippen molar-refractivity contribution in [1.82, 2.24) is 5.32 Å². The topological polar surface area (TPSA) is 77.8 Å². The highest BCUT2D eigenvalue weighted by molar-refractivity contribution is 6.04. The van der Waals surface area contributed by atoms with Gasteiger partial charge in [0, 0.05) is 34.9 Å². The van der Waals surface area contributed by atoms with E-state index in [0.29, 0.717) is 42.0 Å². The van der Waals surface area contributed by atoms with E-state index in [1.54, 1.807) is 6.26 Å². The average molecular weight is 436 g/mol. The molecule has 0 spiro atoms. The van der Waals surface area contributed by atoms with Gasteiger partial charge in [-0.15, -0.1) is 0 Å². The second-order valence-corrected chi connectivity index (χ2v) is 8.26. The molecule has 2 heterocycles. The second kappa shape index (κ2) is 9.47. The minimum Gasteiger partial charge on any atom is -0.493 e. The summed E-state index contributed by atoms with van der Waals surface area (Å²) in [5.41, 5.74) is 3.40. The number of carbonyl (C=O) groups is 2. The Bertz CT molecular complexity index is 1060. The van der Waals surface area contributed by atoms with Crippen molar-refractivity contribution in [3.63, 3.8) is 0 Å². The minimum atomic E-state index is -0.540. The van der Waals surface area contributed by atoms with E-state index in [1.165, 1.54) is 7.11 Å². The summed E-state index contributed by atoms with van der Waals surface area (Å²) in [5.74, 6) is 0.467. The zero-order chi connectivity index (χ0) is 22.7. The number of ketones is 1. The van der Waals surface area contributed by atoms with Crippen LogP contribution < -0.4 is 10.1 Å². The Hall–Kier alpha value is -3.28. The third-order valence-electron chi connectivity index (χ3n) is 6.16. The molecule has 2 aliphatic rings. The lowest BCUT2D eigenvalue weighted by Crippen LogP contribution is -2.36. The van der Waals surface area contributed by atoms with Crippen molar-refractivity contribution in [3.05, 3.63) is 76.5 Å². The quantitative estimate of drug-likeness (QED) is 0.487. The average Bonchev–Trinajstić information content (AvgIpc) is 3.33. The number of unbranched alkanes of at least 4 members (excludes halogenated alkanes) is 1. The van der Waals surface area contributed by atoms with E-state index in [1.807, 2.05) is 43.3 Å². The van der Waals surface area contributed by atoms with Gasteiger partial charge in [0.2, 0.25) is 0 Å². The van der Waals surface area contributed by atoms with E-state index in [9.17, 15) is 9.59 Å². The molecule has 4 rings (SSSR count). The summed E-state index contributed by atoms with van der Waals surface area (Å²) in [6.07, 6.45) is 4.54. The molecule has 0 saturated heterocycles. The number of benzene rings is 1. The number of dihydropyridines is 1. The Morgan fingerprint density at radius 2 is 2.00 bits per heavy atom. The maximum Gasteiger partial charge on any atom is 0.336 e. The third-order valence-corrected chi connectivity index (χ3v) is 6.16. The number of allylic oxidation sites excluding steroid dienone is 3. The first-order chi connectivity index (χ1) is 15.5. The Kier molecular flexibility index (Phi) is 6.49. The van der Waals surface area contributed by atoms with Crippen molar-refractivity contribution in [2.45, 2.75) is 51.4 Å². The van der Waals surface area contributed by atoms with Gasteiger partial charge in [-0.2, -0.15) is 0 Å². The number of carbonyl (C=O) groups excluding carboxylic acids is 2. The van der Waals surface area contributed by atoms with Gasteiger partial charge in [-0.25, -0.2) is 4.79 Å². The Labute approximate surface area is 188 Å². The maximum atomic E-state index is 13.5. The minimum absolute atomic E-state index is 0.00224. The molecule has 32 heavy (non-hydrogen) atoms. The fourth-order valence-electron chi connectivity index (χ4n) is 4.63. The van der Waals surface area contributed by atoms with Gasteiger partial charge in [-0.05, 0) is 38.0 Å². The molecule has 0 unspecified atom stereocenters. The van der Waals surface area contributed by atoms with Crippen LogP contribution in [0.1, 0.15) is 62.7 Å². The number of esters is 1. The lowest BCUT2D eigenvalue weighted by Gasteiger charge is -2.36. The molecule has 1 aliphatic heterocycles. The van der Waals surface area contributed by atoms with Crippen LogP contribution in [0.5, 0.6) is 5.75 Å². The van der Waals surface area contributed by atoms with E-state index < -0.39 is 11.9 Å². The van der Waals surface area contributed by atoms with E-state index in [0.717, 1.165) is 29.9 Å². The second-order valence-electron chi connectivity index (χ2n) is 8.26. The van der Waals surface area contributed by atoms with E-state index in [4.69, 9.17) is 13.9 Å². The maximum absolute atomic E-state index is 13.5. The Morgan fingerprint density at radius 3 is 2.72 bits per heavy atom. The molecule has 1 N–H and O–H groups in total. The standard InChI is InChI=1S/C26H29NO5/c1-4-5-12-32-22-10-7-6-9-18(22)24-23(26(29)30-3)16(2)27-19-14-17(15-20(28)25(19)24)21-11-8-13-31-21/h6-11,13,17,24,27H,4-5,12,14-15H2,1-3H3/t17-,24-/m0/s1. The first-order valence-corrected chi connectivity index (χ1v) is 11.1. The number of methoxy groups -OCH3 is 1. The molecule has 6 heteroatoms. The van der Waals surface area contributed by atoms with Crippen molar-refractivity contribution in [3.8, 4) is 5.75 Å². The summed E-state index contributed by atoms with van der Waals surface area (Å²) in [6, 6.07) is 11.4. The molecule has 168 valence electrons.